The number of hydrogen-bond donors (Lipinski definition) is 0. The molecule has 4 bridgehead atoms. The first-order valence-corrected chi connectivity index (χ1v) is 11.9. The molecule has 0 spiro atoms. The first-order chi connectivity index (χ1) is 17.7. The van der Waals surface area contributed by atoms with E-state index in [0.29, 0.717) is 11.8 Å². The van der Waals surface area contributed by atoms with Gasteiger partial charge in [-0.1, -0.05) is 48.5 Å². The van der Waals surface area contributed by atoms with E-state index in [1.807, 2.05) is 0 Å². The summed E-state index contributed by atoms with van der Waals surface area (Å²) in [5, 5.41) is 0. The van der Waals surface area contributed by atoms with Gasteiger partial charge in [0.2, 0.25) is 11.8 Å². The highest BCUT2D eigenvalue weighted by Crippen LogP contribution is 2.65. The highest BCUT2D eigenvalue weighted by Gasteiger charge is 2.54. The van der Waals surface area contributed by atoms with Crippen molar-refractivity contribution in [3.63, 3.8) is 0 Å². The quantitative estimate of drug-likeness (QED) is 0.430. The molecule has 36 heavy (non-hydrogen) atoms. The van der Waals surface area contributed by atoms with Gasteiger partial charge in [0.1, 0.15) is 0 Å². The summed E-state index contributed by atoms with van der Waals surface area (Å²) in [5.74, 6) is 0.481. The lowest BCUT2D eigenvalue weighted by atomic mass is 9.55. The highest BCUT2D eigenvalue weighted by molar-refractivity contribution is 5.68. The van der Waals surface area contributed by atoms with Crippen LogP contribution in [0.5, 0.6) is 23.8 Å². The molecule has 2 heterocycles. The Labute approximate surface area is 208 Å². The minimum Gasteiger partial charge on any atom is -0.481 e. The number of nitrogens with zero attached hydrogens (tertiary/aromatic N) is 4. The smallest absolute Gasteiger partial charge is 0.319 e. The topological polar surface area (TPSA) is 88.5 Å². The minimum absolute atomic E-state index is 0.140. The molecule has 0 amide bonds. The second-order valence-electron chi connectivity index (χ2n) is 9.21. The Balaban J connectivity index is 1.68. The zero-order valence-corrected chi connectivity index (χ0v) is 20.4. The monoisotopic (exact) mass is 480 g/mol. The summed E-state index contributed by atoms with van der Waals surface area (Å²) in [6.45, 7) is 0. The molecule has 8 heteroatoms. The molecule has 180 valence electrons. The number of methoxy groups -OCH3 is 4. The summed E-state index contributed by atoms with van der Waals surface area (Å²) in [6, 6.07) is 17.8. The lowest BCUT2D eigenvalue weighted by Crippen LogP contribution is -2.37. The van der Waals surface area contributed by atoms with Crippen LogP contribution < -0.4 is 18.9 Å². The maximum atomic E-state index is 5.88. The van der Waals surface area contributed by atoms with Gasteiger partial charge in [-0.05, 0) is 22.3 Å². The molecular formula is C28H24N4O4. The largest absolute Gasteiger partial charge is 0.481 e. The zero-order chi connectivity index (χ0) is 24.6. The van der Waals surface area contributed by atoms with Crippen LogP contribution in [0.1, 0.15) is 68.4 Å². The normalized spacial score (nSPS) is 21.9. The van der Waals surface area contributed by atoms with Gasteiger partial charge < -0.3 is 18.9 Å². The van der Waals surface area contributed by atoms with E-state index in [2.05, 4.69) is 58.5 Å². The van der Waals surface area contributed by atoms with Gasteiger partial charge in [0, 0.05) is 34.8 Å². The van der Waals surface area contributed by atoms with Crippen LogP contribution in [0, 0.1) is 0 Å². The van der Waals surface area contributed by atoms with Crippen LogP contribution in [-0.2, 0) is 0 Å². The first-order valence-electron chi connectivity index (χ1n) is 11.9. The van der Waals surface area contributed by atoms with Crippen molar-refractivity contribution in [1.29, 1.82) is 0 Å². The van der Waals surface area contributed by atoms with Crippen LogP contribution in [-0.4, -0.2) is 48.4 Å². The molecule has 4 aromatic rings. The van der Waals surface area contributed by atoms with Crippen molar-refractivity contribution in [2.45, 2.75) is 23.7 Å². The lowest BCUT2D eigenvalue weighted by Gasteiger charge is -2.48. The van der Waals surface area contributed by atoms with Gasteiger partial charge in [-0.3, -0.25) is 0 Å². The van der Waals surface area contributed by atoms with Gasteiger partial charge in [-0.2, -0.15) is 19.9 Å². The fourth-order valence-electron chi connectivity index (χ4n) is 6.57. The van der Waals surface area contributed by atoms with Gasteiger partial charge >= 0.3 is 12.0 Å². The molecule has 6 aliphatic carbocycles. The maximum Gasteiger partial charge on any atom is 0.319 e. The molecule has 0 N–H and O–H groups in total. The lowest BCUT2D eigenvalue weighted by molar-refractivity contribution is 0.328. The van der Waals surface area contributed by atoms with Gasteiger partial charge in [-0.25, -0.2) is 0 Å². The van der Waals surface area contributed by atoms with Crippen molar-refractivity contribution in [1.82, 2.24) is 19.9 Å². The number of benzene rings is 2. The average Bonchev–Trinajstić information content (AvgIpc) is 2.92. The van der Waals surface area contributed by atoms with Gasteiger partial charge in [0.05, 0.1) is 39.8 Å². The van der Waals surface area contributed by atoms with Crippen molar-refractivity contribution in [2.24, 2.45) is 0 Å². The van der Waals surface area contributed by atoms with Gasteiger partial charge in [-0.15, -0.1) is 0 Å². The molecule has 0 unspecified atom stereocenters. The Morgan fingerprint density at radius 3 is 1.17 bits per heavy atom. The van der Waals surface area contributed by atoms with Crippen LogP contribution in [0.25, 0.3) is 0 Å². The average molecular weight is 481 g/mol. The van der Waals surface area contributed by atoms with Crippen LogP contribution >= 0.6 is 0 Å². The van der Waals surface area contributed by atoms with E-state index >= 15 is 0 Å². The van der Waals surface area contributed by atoms with Crippen molar-refractivity contribution in [3.05, 3.63) is 93.3 Å². The van der Waals surface area contributed by atoms with Gasteiger partial charge in [0.15, 0.2) is 0 Å². The van der Waals surface area contributed by atoms with Crippen LogP contribution in [0.15, 0.2) is 48.5 Å². The summed E-state index contributed by atoms with van der Waals surface area (Å²) in [6.07, 6.45) is 0. The summed E-state index contributed by atoms with van der Waals surface area (Å²) in [5.41, 5.74) is 8.70. The molecule has 6 aliphatic rings. The summed E-state index contributed by atoms with van der Waals surface area (Å²) >= 11 is 0. The van der Waals surface area contributed by atoms with E-state index in [4.69, 9.17) is 28.9 Å². The van der Waals surface area contributed by atoms with Crippen LogP contribution in [0.3, 0.4) is 0 Å². The molecule has 0 saturated carbocycles. The van der Waals surface area contributed by atoms with E-state index in [0.717, 1.165) is 22.5 Å². The van der Waals surface area contributed by atoms with Crippen molar-refractivity contribution in [3.8, 4) is 23.8 Å². The van der Waals surface area contributed by atoms with Crippen LogP contribution in [0.2, 0.25) is 0 Å². The molecular weight excluding hydrogens is 456 g/mol. The SMILES string of the molecule is COc1nc(OC)c2c(n1)[C@H]1c3ccccc3[C@@H]2[C@@H]2c3ccccc3[C@H]1c1c(OC)nc(OC)nc12. The van der Waals surface area contributed by atoms with Gasteiger partial charge in [0.25, 0.3) is 0 Å². The Hall–Kier alpha value is -4.20. The molecule has 2 aromatic heterocycles. The molecule has 0 aliphatic heterocycles. The van der Waals surface area contributed by atoms with E-state index < -0.39 is 0 Å². The number of rotatable bonds is 4. The number of ether oxygens (including phenoxy) is 4. The predicted molar refractivity (Wildman–Crippen MR) is 131 cm³/mol. The van der Waals surface area contributed by atoms with Crippen molar-refractivity contribution in [2.75, 3.05) is 28.4 Å². The molecule has 10 rings (SSSR count). The minimum atomic E-state index is -0.148. The third-order valence-corrected chi connectivity index (χ3v) is 7.80. The van der Waals surface area contributed by atoms with Crippen molar-refractivity contribution >= 4 is 0 Å². The van der Waals surface area contributed by atoms with E-state index in [1.165, 1.54) is 22.3 Å². The summed E-state index contributed by atoms with van der Waals surface area (Å²) < 4.78 is 22.8. The Morgan fingerprint density at radius 1 is 0.472 bits per heavy atom. The van der Waals surface area contributed by atoms with Crippen LogP contribution in [0.4, 0.5) is 0 Å². The fourth-order valence-corrected chi connectivity index (χ4v) is 6.57. The maximum absolute atomic E-state index is 5.88. The Morgan fingerprint density at radius 2 is 0.833 bits per heavy atom. The van der Waals surface area contributed by atoms with E-state index in [1.54, 1.807) is 28.4 Å². The molecule has 2 aromatic carbocycles. The molecule has 8 nitrogen and oxygen atoms in total. The number of hydrogen-bond acceptors (Lipinski definition) is 8. The molecule has 4 atom stereocenters. The van der Waals surface area contributed by atoms with E-state index in [-0.39, 0.29) is 35.7 Å². The number of aromatic nitrogens is 4. The van der Waals surface area contributed by atoms with Crippen molar-refractivity contribution < 1.29 is 18.9 Å². The first kappa shape index (κ1) is 21.1. The summed E-state index contributed by atoms with van der Waals surface area (Å²) in [4.78, 5) is 19.1. The molecule has 0 radical (unpaired) electrons. The predicted octanol–water partition coefficient (Wildman–Crippen LogP) is 4.17. The fraction of sp³-hybridized carbons (Fsp3) is 0.286. The molecule has 0 saturated heterocycles. The standard InChI is InChI=1S/C28H24N4O4/c1-33-25-21-17-13-9-5-7-11-15(13)20(23(21)29-27(31-25)35-3)18-14-10-6-8-12-16(14)19(17)24-22(18)26(34-2)32-28(30-24)36-4/h5-12,17-20H,1-4H3/t17-,18-,19+,20+/m1/s1. The van der Waals surface area contributed by atoms with E-state index in [9.17, 15) is 0 Å². The third kappa shape index (κ3) is 2.58. The second-order valence-corrected chi connectivity index (χ2v) is 9.21. The second kappa shape index (κ2) is 7.65. The Kier molecular flexibility index (Phi) is 4.49. The Bertz CT molecular complexity index is 1420. The molecule has 0 fully saturated rings. The zero-order valence-electron chi connectivity index (χ0n) is 20.4. The highest BCUT2D eigenvalue weighted by atomic mass is 16.5. The third-order valence-electron chi connectivity index (χ3n) is 7.80. The summed E-state index contributed by atoms with van der Waals surface area (Å²) in [7, 11) is 6.45.